The summed E-state index contributed by atoms with van der Waals surface area (Å²) < 4.78 is 0. The molecule has 2 atom stereocenters. The fourth-order valence-electron chi connectivity index (χ4n) is 1.98. The molecule has 0 aliphatic heterocycles. The van der Waals surface area contributed by atoms with Crippen molar-refractivity contribution in [2.45, 2.75) is 59.3 Å². The first-order valence-corrected chi connectivity index (χ1v) is 7.05. The highest BCUT2D eigenvalue weighted by molar-refractivity contribution is 5.04. The summed E-state index contributed by atoms with van der Waals surface area (Å²) in [5, 5.41) is 0. The molecular formula is C17H30. The summed E-state index contributed by atoms with van der Waals surface area (Å²) in [7, 11) is 0. The van der Waals surface area contributed by atoms with Crippen LogP contribution < -0.4 is 0 Å². The Morgan fingerprint density at radius 3 is 2.47 bits per heavy atom. The SMILES string of the molecule is C=CCC(C)CC(=CCCC)CCC(C)C=C. The van der Waals surface area contributed by atoms with Crippen LogP contribution >= 0.6 is 0 Å². The molecule has 0 aliphatic carbocycles. The molecule has 0 heterocycles. The standard InChI is InChI=1S/C17H30/c1-6-9-11-17(13-12-15(4)8-3)14-16(5)10-7-2/h7-8,11,15-16H,2-3,6,9-10,12-14H2,1,4-5H3. The fraction of sp³-hybridized carbons (Fsp3) is 0.647. The Bertz CT molecular complexity index is 234. The Balaban J connectivity index is 4.22. The molecule has 0 rings (SSSR count). The molecule has 0 aromatic carbocycles. The van der Waals surface area contributed by atoms with Crippen molar-refractivity contribution in [3.8, 4) is 0 Å². The summed E-state index contributed by atoms with van der Waals surface area (Å²) in [6, 6.07) is 0. The number of unbranched alkanes of at least 4 members (excludes halogenated alkanes) is 1. The maximum absolute atomic E-state index is 3.86. The molecule has 0 amide bonds. The molecule has 17 heavy (non-hydrogen) atoms. The van der Waals surface area contributed by atoms with Gasteiger partial charge < -0.3 is 0 Å². The van der Waals surface area contributed by atoms with E-state index in [1.54, 1.807) is 5.57 Å². The van der Waals surface area contributed by atoms with Crippen molar-refractivity contribution in [2.75, 3.05) is 0 Å². The minimum atomic E-state index is 0.634. The van der Waals surface area contributed by atoms with Crippen LogP contribution in [0.2, 0.25) is 0 Å². The molecule has 2 unspecified atom stereocenters. The second-order valence-corrected chi connectivity index (χ2v) is 5.24. The Hall–Kier alpha value is -0.780. The first-order valence-electron chi connectivity index (χ1n) is 7.05. The molecule has 0 saturated heterocycles. The highest BCUT2D eigenvalue weighted by Gasteiger charge is 2.06. The van der Waals surface area contributed by atoms with Crippen LogP contribution in [0, 0.1) is 11.8 Å². The van der Waals surface area contributed by atoms with Gasteiger partial charge in [-0.25, -0.2) is 0 Å². The van der Waals surface area contributed by atoms with Crippen LogP contribution in [-0.4, -0.2) is 0 Å². The first kappa shape index (κ1) is 16.2. The van der Waals surface area contributed by atoms with Gasteiger partial charge in [-0.1, -0.05) is 51.0 Å². The topological polar surface area (TPSA) is 0 Å². The van der Waals surface area contributed by atoms with Gasteiger partial charge in [-0.3, -0.25) is 0 Å². The second-order valence-electron chi connectivity index (χ2n) is 5.24. The van der Waals surface area contributed by atoms with Gasteiger partial charge in [0, 0.05) is 0 Å². The third-order valence-electron chi connectivity index (χ3n) is 3.22. The van der Waals surface area contributed by atoms with Crippen molar-refractivity contribution in [2.24, 2.45) is 11.8 Å². The third-order valence-corrected chi connectivity index (χ3v) is 3.22. The van der Waals surface area contributed by atoms with Gasteiger partial charge >= 0.3 is 0 Å². The molecule has 0 spiro atoms. The lowest BCUT2D eigenvalue weighted by Gasteiger charge is -2.14. The summed E-state index contributed by atoms with van der Waals surface area (Å²) in [5.41, 5.74) is 1.63. The molecular weight excluding hydrogens is 204 g/mol. The first-order chi connectivity index (χ1) is 8.13. The predicted octanol–water partition coefficient (Wildman–Crippen LogP) is 5.92. The highest BCUT2D eigenvalue weighted by atomic mass is 14.1. The van der Waals surface area contributed by atoms with Crippen LogP contribution in [0.5, 0.6) is 0 Å². The fourth-order valence-corrected chi connectivity index (χ4v) is 1.98. The van der Waals surface area contributed by atoms with Crippen molar-refractivity contribution in [1.82, 2.24) is 0 Å². The largest absolute Gasteiger partial charge is 0.103 e. The van der Waals surface area contributed by atoms with Crippen LogP contribution in [0.4, 0.5) is 0 Å². The molecule has 0 bridgehead atoms. The molecule has 0 saturated carbocycles. The van der Waals surface area contributed by atoms with E-state index < -0.39 is 0 Å². The highest BCUT2D eigenvalue weighted by Crippen LogP contribution is 2.22. The van der Waals surface area contributed by atoms with Gasteiger partial charge in [-0.2, -0.15) is 0 Å². The molecule has 0 radical (unpaired) electrons. The van der Waals surface area contributed by atoms with Crippen LogP contribution in [0.25, 0.3) is 0 Å². The minimum Gasteiger partial charge on any atom is -0.103 e. The molecule has 0 aromatic rings. The van der Waals surface area contributed by atoms with Crippen LogP contribution in [0.1, 0.15) is 59.3 Å². The molecule has 98 valence electrons. The Labute approximate surface area is 109 Å². The van der Waals surface area contributed by atoms with Gasteiger partial charge in [-0.15, -0.1) is 13.2 Å². The zero-order chi connectivity index (χ0) is 13.1. The summed E-state index contributed by atoms with van der Waals surface area (Å²) in [4.78, 5) is 0. The van der Waals surface area contributed by atoms with Crippen molar-refractivity contribution >= 4 is 0 Å². The summed E-state index contributed by atoms with van der Waals surface area (Å²) in [5.74, 6) is 1.37. The smallest absolute Gasteiger partial charge is 0.0262 e. The van der Waals surface area contributed by atoms with Gasteiger partial charge in [-0.05, 0) is 43.9 Å². The quantitative estimate of drug-likeness (QED) is 0.412. The lowest BCUT2D eigenvalue weighted by Crippen LogP contribution is -1.98. The number of rotatable bonds is 10. The van der Waals surface area contributed by atoms with Crippen LogP contribution in [-0.2, 0) is 0 Å². The maximum Gasteiger partial charge on any atom is -0.0262 e. The molecule has 0 aromatic heterocycles. The second kappa shape index (κ2) is 10.4. The van der Waals surface area contributed by atoms with E-state index >= 15 is 0 Å². The number of allylic oxidation sites excluding steroid dienone is 4. The van der Waals surface area contributed by atoms with E-state index in [2.05, 4.69) is 46.1 Å². The van der Waals surface area contributed by atoms with Crippen LogP contribution in [0.3, 0.4) is 0 Å². The van der Waals surface area contributed by atoms with Gasteiger partial charge in [0.15, 0.2) is 0 Å². The Morgan fingerprint density at radius 2 is 1.94 bits per heavy atom. The van der Waals surface area contributed by atoms with E-state index in [-0.39, 0.29) is 0 Å². The lowest BCUT2D eigenvalue weighted by molar-refractivity contribution is 0.551. The predicted molar refractivity (Wildman–Crippen MR) is 80.2 cm³/mol. The monoisotopic (exact) mass is 234 g/mol. The molecule has 0 N–H and O–H groups in total. The van der Waals surface area contributed by atoms with E-state index in [4.69, 9.17) is 0 Å². The van der Waals surface area contributed by atoms with Crippen molar-refractivity contribution < 1.29 is 0 Å². The van der Waals surface area contributed by atoms with E-state index in [0.29, 0.717) is 5.92 Å². The van der Waals surface area contributed by atoms with Gasteiger partial charge in [0.2, 0.25) is 0 Å². The molecule has 0 heteroatoms. The van der Waals surface area contributed by atoms with Gasteiger partial charge in [0.25, 0.3) is 0 Å². The summed E-state index contributed by atoms with van der Waals surface area (Å²) >= 11 is 0. The average Bonchev–Trinajstić information content (AvgIpc) is 2.32. The number of hydrogen-bond acceptors (Lipinski definition) is 0. The maximum atomic E-state index is 3.86. The summed E-state index contributed by atoms with van der Waals surface area (Å²) in [6.07, 6.45) is 13.8. The molecule has 0 aliphatic rings. The molecule has 0 nitrogen and oxygen atoms in total. The normalized spacial score (nSPS) is 15.4. The van der Waals surface area contributed by atoms with Gasteiger partial charge in [0.1, 0.15) is 0 Å². The minimum absolute atomic E-state index is 0.634. The van der Waals surface area contributed by atoms with Crippen molar-refractivity contribution in [3.63, 3.8) is 0 Å². The zero-order valence-corrected chi connectivity index (χ0v) is 12.0. The van der Waals surface area contributed by atoms with Crippen molar-refractivity contribution in [1.29, 1.82) is 0 Å². The van der Waals surface area contributed by atoms with E-state index in [1.807, 2.05) is 6.08 Å². The average molecular weight is 234 g/mol. The lowest BCUT2D eigenvalue weighted by atomic mass is 9.92. The van der Waals surface area contributed by atoms with Gasteiger partial charge in [0.05, 0.1) is 0 Å². The number of hydrogen-bond donors (Lipinski definition) is 0. The Kier molecular flexibility index (Phi) is 9.90. The molecule has 0 fully saturated rings. The zero-order valence-electron chi connectivity index (χ0n) is 12.0. The Morgan fingerprint density at radius 1 is 1.24 bits per heavy atom. The van der Waals surface area contributed by atoms with Crippen molar-refractivity contribution in [3.05, 3.63) is 37.0 Å². The van der Waals surface area contributed by atoms with E-state index in [1.165, 1.54) is 32.1 Å². The van der Waals surface area contributed by atoms with E-state index in [9.17, 15) is 0 Å². The van der Waals surface area contributed by atoms with Crippen LogP contribution in [0.15, 0.2) is 37.0 Å². The third kappa shape index (κ3) is 8.97. The summed E-state index contributed by atoms with van der Waals surface area (Å²) in [6.45, 7) is 14.5. The van der Waals surface area contributed by atoms with E-state index in [0.717, 1.165) is 12.3 Å².